The molecule has 0 radical (unpaired) electrons. The van der Waals surface area contributed by atoms with Crippen molar-refractivity contribution in [2.24, 2.45) is 23.7 Å². The third-order valence-corrected chi connectivity index (χ3v) is 3.22. The Morgan fingerprint density at radius 3 is 1.91 bits per heavy atom. The van der Waals surface area contributed by atoms with Crippen LogP contribution >= 0.6 is 0 Å². The van der Waals surface area contributed by atoms with E-state index >= 15 is 0 Å². The Morgan fingerprint density at radius 1 is 1.09 bits per heavy atom. The van der Waals surface area contributed by atoms with E-state index < -0.39 is 0 Å². The highest BCUT2D eigenvalue weighted by Gasteiger charge is 2.30. The summed E-state index contributed by atoms with van der Waals surface area (Å²) in [5.74, 6) is 2.87. The van der Waals surface area contributed by atoms with Crippen molar-refractivity contribution in [3.63, 3.8) is 0 Å². The van der Waals surface area contributed by atoms with Crippen molar-refractivity contribution in [1.29, 1.82) is 0 Å². The monoisotopic (exact) mass is 156 g/mol. The molecule has 0 spiro atoms. The summed E-state index contributed by atoms with van der Waals surface area (Å²) in [5.41, 5.74) is 0. The molecule has 1 saturated carbocycles. The molecule has 1 nitrogen and oxygen atoms in total. The summed E-state index contributed by atoms with van der Waals surface area (Å²) in [6, 6.07) is 0. The summed E-state index contributed by atoms with van der Waals surface area (Å²) in [5, 5.41) is 9.12. The summed E-state index contributed by atoms with van der Waals surface area (Å²) in [6.45, 7) is 7.25. The predicted octanol–water partition coefficient (Wildman–Crippen LogP) is 2.30. The molecule has 0 saturated heterocycles. The highest BCUT2D eigenvalue weighted by Crippen LogP contribution is 2.37. The summed E-state index contributed by atoms with van der Waals surface area (Å²) >= 11 is 0. The summed E-state index contributed by atoms with van der Waals surface area (Å²) in [6.07, 6.45) is 2.60. The standard InChI is InChI=1S/C10H20O/c1-7-4-8(2)10(6-11)9(3)5-7/h7-11H,4-6H2,1-3H3. The molecule has 0 aromatic rings. The molecule has 1 heteroatoms. The number of aliphatic hydroxyl groups is 1. The Labute approximate surface area is 69.8 Å². The van der Waals surface area contributed by atoms with E-state index in [1.54, 1.807) is 0 Å². The van der Waals surface area contributed by atoms with Gasteiger partial charge in [-0.05, 0) is 36.5 Å². The van der Waals surface area contributed by atoms with Crippen molar-refractivity contribution in [2.75, 3.05) is 6.61 Å². The number of aliphatic hydroxyl groups excluding tert-OH is 1. The van der Waals surface area contributed by atoms with Gasteiger partial charge in [0, 0.05) is 6.61 Å². The Bertz CT molecular complexity index is 110. The fourth-order valence-electron chi connectivity index (χ4n) is 2.64. The van der Waals surface area contributed by atoms with Crippen LogP contribution in [0.5, 0.6) is 0 Å². The van der Waals surface area contributed by atoms with Crippen LogP contribution in [-0.4, -0.2) is 11.7 Å². The first-order valence-electron chi connectivity index (χ1n) is 4.76. The SMILES string of the molecule is CC1CC(C)C(CO)C(C)C1. The molecular formula is C10H20O. The van der Waals surface area contributed by atoms with Gasteiger partial charge in [0.2, 0.25) is 0 Å². The minimum absolute atomic E-state index is 0.384. The van der Waals surface area contributed by atoms with E-state index in [1.165, 1.54) is 12.8 Å². The Morgan fingerprint density at radius 2 is 1.55 bits per heavy atom. The Kier molecular flexibility index (Phi) is 2.94. The Balaban J connectivity index is 2.52. The van der Waals surface area contributed by atoms with Crippen LogP contribution in [0.1, 0.15) is 33.6 Å². The minimum Gasteiger partial charge on any atom is -0.396 e. The van der Waals surface area contributed by atoms with Gasteiger partial charge in [-0.15, -0.1) is 0 Å². The van der Waals surface area contributed by atoms with Crippen molar-refractivity contribution in [3.05, 3.63) is 0 Å². The first-order chi connectivity index (χ1) is 5.15. The van der Waals surface area contributed by atoms with Gasteiger partial charge in [-0.3, -0.25) is 0 Å². The highest BCUT2D eigenvalue weighted by molar-refractivity contribution is 4.79. The number of hydrogen-bond donors (Lipinski definition) is 1. The topological polar surface area (TPSA) is 20.2 Å². The average molecular weight is 156 g/mol. The largest absolute Gasteiger partial charge is 0.396 e. The predicted molar refractivity (Wildman–Crippen MR) is 47.3 cm³/mol. The van der Waals surface area contributed by atoms with E-state index in [1.807, 2.05) is 0 Å². The molecule has 0 aromatic carbocycles. The molecule has 0 aliphatic heterocycles. The molecule has 0 bridgehead atoms. The van der Waals surface area contributed by atoms with E-state index in [9.17, 15) is 0 Å². The second-order valence-corrected chi connectivity index (χ2v) is 4.38. The van der Waals surface area contributed by atoms with E-state index in [2.05, 4.69) is 20.8 Å². The van der Waals surface area contributed by atoms with E-state index in [-0.39, 0.29) is 0 Å². The Hall–Kier alpha value is -0.0400. The fourth-order valence-corrected chi connectivity index (χ4v) is 2.64. The van der Waals surface area contributed by atoms with Gasteiger partial charge in [-0.1, -0.05) is 20.8 Å². The first-order valence-corrected chi connectivity index (χ1v) is 4.76. The van der Waals surface area contributed by atoms with Gasteiger partial charge in [0.05, 0.1) is 0 Å². The third kappa shape index (κ3) is 1.96. The fraction of sp³-hybridized carbons (Fsp3) is 1.00. The van der Waals surface area contributed by atoms with Crippen LogP contribution in [0.4, 0.5) is 0 Å². The van der Waals surface area contributed by atoms with Gasteiger partial charge in [0.1, 0.15) is 0 Å². The normalized spacial score (nSPS) is 45.8. The van der Waals surface area contributed by atoms with Crippen LogP contribution < -0.4 is 0 Å². The third-order valence-electron chi connectivity index (χ3n) is 3.22. The molecule has 0 aromatic heterocycles. The summed E-state index contributed by atoms with van der Waals surface area (Å²) < 4.78 is 0. The van der Waals surface area contributed by atoms with Crippen LogP contribution in [0.25, 0.3) is 0 Å². The first kappa shape index (κ1) is 9.05. The van der Waals surface area contributed by atoms with Crippen molar-refractivity contribution in [1.82, 2.24) is 0 Å². The second kappa shape index (κ2) is 3.57. The zero-order chi connectivity index (χ0) is 8.43. The van der Waals surface area contributed by atoms with Gasteiger partial charge in [-0.2, -0.15) is 0 Å². The number of rotatable bonds is 1. The molecule has 2 unspecified atom stereocenters. The van der Waals surface area contributed by atoms with Crippen LogP contribution in [-0.2, 0) is 0 Å². The average Bonchev–Trinajstić information content (AvgIpc) is 1.85. The van der Waals surface area contributed by atoms with Crippen LogP contribution in [0.15, 0.2) is 0 Å². The van der Waals surface area contributed by atoms with Crippen LogP contribution in [0.2, 0.25) is 0 Å². The maximum absolute atomic E-state index is 9.12. The molecule has 1 N–H and O–H groups in total. The molecule has 0 heterocycles. The van der Waals surface area contributed by atoms with Crippen molar-refractivity contribution in [2.45, 2.75) is 33.6 Å². The maximum atomic E-state index is 9.12. The van der Waals surface area contributed by atoms with Gasteiger partial charge >= 0.3 is 0 Å². The summed E-state index contributed by atoms with van der Waals surface area (Å²) in [7, 11) is 0. The molecule has 1 rings (SSSR count). The summed E-state index contributed by atoms with van der Waals surface area (Å²) in [4.78, 5) is 0. The number of hydrogen-bond acceptors (Lipinski definition) is 1. The van der Waals surface area contributed by atoms with Gasteiger partial charge in [-0.25, -0.2) is 0 Å². The van der Waals surface area contributed by atoms with E-state index in [4.69, 9.17) is 5.11 Å². The van der Waals surface area contributed by atoms with Crippen LogP contribution in [0.3, 0.4) is 0 Å². The smallest absolute Gasteiger partial charge is 0.0464 e. The lowest BCUT2D eigenvalue weighted by Gasteiger charge is -2.36. The zero-order valence-corrected chi connectivity index (χ0v) is 7.88. The van der Waals surface area contributed by atoms with Gasteiger partial charge in [0.25, 0.3) is 0 Å². The van der Waals surface area contributed by atoms with Crippen molar-refractivity contribution in [3.8, 4) is 0 Å². The lowest BCUT2D eigenvalue weighted by atomic mass is 9.70. The molecule has 1 aliphatic carbocycles. The molecule has 2 atom stereocenters. The van der Waals surface area contributed by atoms with Crippen LogP contribution in [0, 0.1) is 23.7 Å². The lowest BCUT2D eigenvalue weighted by Crippen LogP contribution is -2.31. The lowest BCUT2D eigenvalue weighted by molar-refractivity contribution is 0.0744. The molecule has 1 aliphatic rings. The minimum atomic E-state index is 0.384. The molecule has 1 fully saturated rings. The van der Waals surface area contributed by atoms with Gasteiger partial charge in [0.15, 0.2) is 0 Å². The zero-order valence-electron chi connectivity index (χ0n) is 7.88. The molecular weight excluding hydrogens is 136 g/mol. The quantitative estimate of drug-likeness (QED) is 0.617. The maximum Gasteiger partial charge on any atom is 0.0464 e. The molecule has 66 valence electrons. The molecule has 11 heavy (non-hydrogen) atoms. The van der Waals surface area contributed by atoms with Crippen molar-refractivity contribution >= 4 is 0 Å². The molecule has 0 amide bonds. The van der Waals surface area contributed by atoms with Crippen molar-refractivity contribution < 1.29 is 5.11 Å². The highest BCUT2D eigenvalue weighted by atomic mass is 16.3. The van der Waals surface area contributed by atoms with E-state index in [0.29, 0.717) is 12.5 Å². The second-order valence-electron chi connectivity index (χ2n) is 4.38. The van der Waals surface area contributed by atoms with E-state index in [0.717, 1.165) is 17.8 Å². The van der Waals surface area contributed by atoms with Gasteiger partial charge < -0.3 is 5.11 Å².